The molecule has 14 heavy (non-hydrogen) atoms. The van der Waals surface area contributed by atoms with Gasteiger partial charge in [0.05, 0.1) is 6.61 Å². The Morgan fingerprint density at radius 2 is 2.29 bits per heavy atom. The third-order valence-corrected chi connectivity index (χ3v) is 2.04. The molecule has 76 valence electrons. The lowest BCUT2D eigenvalue weighted by Gasteiger charge is -2.10. The minimum absolute atomic E-state index is 0.187. The first-order valence-corrected chi connectivity index (χ1v) is 4.48. The molecule has 2 atom stereocenters. The van der Waals surface area contributed by atoms with Crippen molar-refractivity contribution in [3.05, 3.63) is 29.3 Å². The van der Waals surface area contributed by atoms with E-state index >= 15 is 0 Å². The second kappa shape index (κ2) is 3.57. The Balaban J connectivity index is 2.22. The normalized spacial score (nSPS) is 21.8. The molecule has 1 aliphatic heterocycles. The van der Waals surface area contributed by atoms with Crippen LogP contribution in [0.5, 0.6) is 5.75 Å². The van der Waals surface area contributed by atoms with Crippen LogP contribution in [0.25, 0.3) is 0 Å². The Kier molecular flexibility index (Phi) is 2.41. The van der Waals surface area contributed by atoms with Gasteiger partial charge in [0, 0.05) is 0 Å². The second-order valence-corrected chi connectivity index (χ2v) is 3.41. The van der Waals surface area contributed by atoms with Crippen LogP contribution in [-0.2, 0) is 4.74 Å². The summed E-state index contributed by atoms with van der Waals surface area (Å²) in [6, 6.07) is 5.69. The van der Waals surface area contributed by atoms with Gasteiger partial charge < -0.3 is 14.6 Å². The largest absolute Gasteiger partial charge is 0.452 e. The van der Waals surface area contributed by atoms with Crippen LogP contribution in [0.15, 0.2) is 18.2 Å². The third-order valence-electron chi connectivity index (χ3n) is 2.04. The maximum atomic E-state index is 8.87. The van der Waals surface area contributed by atoms with E-state index in [1.54, 1.807) is 0 Å². The van der Waals surface area contributed by atoms with Crippen LogP contribution in [0.1, 0.15) is 17.2 Å². The van der Waals surface area contributed by atoms with Gasteiger partial charge in [-0.25, -0.2) is 0 Å². The number of benzene rings is 1. The standard InChI is InChI=1S/C10H13NO3/c1-6-2-7(9-5-13-9)4-8(3-6)14-10(11)12/h2-4,9-10,12H,5,11H2,1H3. The van der Waals surface area contributed by atoms with E-state index in [1.165, 1.54) is 0 Å². The Morgan fingerprint density at radius 1 is 1.57 bits per heavy atom. The van der Waals surface area contributed by atoms with Crippen molar-refractivity contribution in [1.82, 2.24) is 0 Å². The SMILES string of the molecule is Cc1cc(OC(N)O)cc(C2CO2)c1. The van der Waals surface area contributed by atoms with Crippen molar-refractivity contribution in [2.24, 2.45) is 5.73 Å². The van der Waals surface area contributed by atoms with E-state index in [0.717, 1.165) is 17.7 Å². The predicted octanol–water partition coefficient (Wildman–Crippen LogP) is 0.680. The second-order valence-electron chi connectivity index (χ2n) is 3.41. The van der Waals surface area contributed by atoms with Crippen molar-refractivity contribution in [2.45, 2.75) is 19.4 Å². The highest BCUT2D eigenvalue weighted by molar-refractivity contribution is 5.36. The number of epoxide rings is 1. The summed E-state index contributed by atoms with van der Waals surface area (Å²) in [5.41, 5.74) is 7.25. The first-order chi connectivity index (χ1) is 6.65. The van der Waals surface area contributed by atoms with Gasteiger partial charge in [-0.15, -0.1) is 0 Å². The fourth-order valence-corrected chi connectivity index (χ4v) is 1.41. The molecule has 4 heteroatoms. The summed E-state index contributed by atoms with van der Waals surface area (Å²) in [4.78, 5) is 0. The molecule has 1 aromatic rings. The highest BCUT2D eigenvalue weighted by Crippen LogP contribution is 2.32. The van der Waals surface area contributed by atoms with Crippen molar-refractivity contribution in [1.29, 1.82) is 0 Å². The Bertz CT molecular complexity index is 334. The molecule has 2 unspecified atom stereocenters. The number of rotatable bonds is 3. The van der Waals surface area contributed by atoms with Gasteiger partial charge in [0.1, 0.15) is 11.9 Å². The predicted molar refractivity (Wildman–Crippen MR) is 50.7 cm³/mol. The minimum atomic E-state index is -1.27. The topological polar surface area (TPSA) is 68.0 Å². The van der Waals surface area contributed by atoms with E-state index < -0.39 is 6.41 Å². The lowest BCUT2D eigenvalue weighted by Crippen LogP contribution is -2.26. The van der Waals surface area contributed by atoms with Crippen LogP contribution >= 0.6 is 0 Å². The van der Waals surface area contributed by atoms with E-state index in [9.17, 15) is 0 Å². The van der Waals surface area contributed by atoms with Gasteiger partial charge >= 0.3 is 0 Å². The number of aliphatic hydroxyl groups is 1. The van der Waals surface area contributed by atoms with Crippen LogP contribution in [-0.4, -0.2) is 18.1 Å². The summed E-state index contributed by atoms with van der Waals surface area (Å²) in [5.74, 6) is 0.575. The molecular formula is C10H13NO3. The first-order valence-electron chi connectivity index (χ1n) is 4.48. The van der Waals surface area contributed by atoms with Crippen molar-refractivity contribution in [2.75, 3.05) is 6.61 Å². The molecular weight excluding hydrogens is 182 g/mol. The quantitative estimate of drug-likeness (QED) is 0.549. The molecule has 0 radical (unpaired) electrons. The van der Waals surface area contributed by atoms with E-state index in [0.29, 0.717) is 5.75 Å². The van der Waals surface area contributed by atoms with Crippen molar-refractivity contribution in [3.8, 4) is 5.75 Å². The molecule has 1 aromatic carbocycles. The van der Waals surface area contributed by atoms with Crippen LogP contribution in [0, 0.1) is 6.92 Å². The number of hydrogen-bond acceptors (Lipinski definition) is 4. The maximum Gasteiger partial charge on any atom is 0.254 e. The number of aryl methyl sites for hydroxylation is 1. The van der Waals surface area contributed by atoms with Gasteiger partial charge in [0.25, 0.3) is 6.41 Å². The van der Waals surface area contributed by atoms with Gasteiger partial charge in [-0.2, -0.15) is 0 Å². The van der Waals surface area contributed by atoms with Crippen LogP contribution < -0.4 is 10.5 Å². The summed E-state index contributed by atoms with van der Waals surface area (Å²) in [6.07, 6.45) is -1.09. The zero-order valence-corrected chi connectivity index (χ0v) is 7.93. The van der Waals surface area contributed by atoms with E-state index in [2.05, 4.69) is 0 Å². The van der Waals surface area contributed by atoms with E-state index in [-0.39, 0.29) is 6.10 Å². The van der Waals surface area contributed by atoms with Gasteiger partial charge in [-0.05, 0) is 30.2 Å². The highest BCUT2D eigenvalue weighted by atomic mass is 16.6. The minimum Gasteiger partial charge on any atom is -0.452 e. The Hall–Kier alpha value is -1.10. The average molecular weight is 195 g/mol. The third kappa shape index (κ3) is 2.23. The molecule has 0 aliphatic carbocycles. The molecule has 0 spiro atoms. The number of aliphatic hydroxyl groups excluding tert-OH is 1. The fourth-order valence-electron chi connectivity index (χ4n) is 1.41. The van der Waals surface area contributed by atoms with Gasteiger partial charge in [0.2, 0.25) is 0 Å². The molecule has 0 aromatic heterocycles. The van der Waals surface area contributed by atoms with Crippen molar-refractivity contribution < 1.29 is 14.6 Å². The summed E-state index contributed by atoms with van der Waals surface area (Å²) in [5, 5.41) is 8.87. The van der Waals surface area contributed by atoms with E-state index in [4.69, 9.17) is 20.3 Å². The summed E-state index contributed by atoms with van der Waals surface area (Å²) in [6.45, 7) is 2.72. The fraction of sp³-hybridized carbons (Fsp3) is 0.400. The van der Waals surface area contributed by atoms with E-state index in [1.807, 2.05) is 25.1 Å². The van der Waals surface area contributed by atoms with Crippen LogP contribution in [0.3, 0.4) is 0 Å². The number of ether oxygens (including phenoxy) is 2. The molecule has 1 aliphatic rings. The molecule has 0 amide bonds. The molecule has 0 bridgehead atoms. The van der Waals surface area contributed by atoms with Gasteiger partial charge in [-0.3, -0.25) is 5.73 Å². The van der Waals surface area contributed by atoms with Gasteiger partial charge in [-0.1, -0.05) is 6.07 Å². The maximum absolute atomic E-state index is 8.87. The molecule has 3 N–H and O–H groups in total. The average Bonchev–Trinajstić information content (AvgIpc) is 2.82. The molecule has 2 rings (SSSR count). The van der Waals surface area contributed by atoms with Crippen LogP contribution in [0.2, 0.25) is 0 Å². The zero-order chi connectivity index (χ0) is 10.1. The Labute approximate surface area is 82.2 Å². The highest BCUT2D eigenvalue weighted by Gasteiger charge is 2.25. The summed E-state index contributed by atoms with van der Waals surface area (Å²) < 4.78 is 10.2. The van der Waals surface area contributed by atoms with Crippen molar-refractivity contribution in [3.63, 3.8) is 0 Å². The molecule has 0 saturated carbocycles. The first kappa shape index (κ1) is 9.45. The smallest absolute Gasteiger partial charge is 0.254 e. The van der Waals surface area contributed by atoms with Gasteiger partial charge in [0.15, 0.2) is 0 Å². The molecule has 4 nitrogen and oxygen atoms in total. The molecule has 1 heterocycles. The lowest BCUT2D eigenvalue weighted by atomic mass is 10.1. The zero-order valence-electron chi connectivity index (χ0n) is 7.93. The number of nitrogens with two attached hydrogens (primary N) is 1. The molecule has 1 fully saturated rings. The molecule has 1 saturated heterocycles. The van der Waals surface area contributed by atoms with Crippen LogP contribution in [0.4, 0.5) is 0 Å². The Morgan fingerprint density at radius 3 is 2.86 bits per heavy atom. The van der Waals surface area contributed by atoms with Crippen molar-refractivity contribution >= 4 is 0 Å². The lowest BCUT2D eigenvalue weighted by molar-refractivity contribution is -0.0110. The monoisotopic (exact) mass is 195 g/mol. The number of hydrogen-bond donors (Lipinski definition) is 2. The summed E-state index contributed by atoms with van der Waals surface area (Å²) in [7, 11) is 0. The summed E-state index contributed by atoms with van der Waals surface area (Å²) >= 11 is 0.